The first kappa shape index (κ1) is 16.7. The molecule has 20 heavy (non-hydrogen) atoms. The van der Waals surface area contributed by atoms with E-state index in [2.05, 4.69) is 12.2 Å². The number of ether oxygens (including phenoxy) is 2. The number of hydrogen-bond acceptors (Lipinski definition) is 4. The van der Waals surface area contributed by atoms with Crippen LogP contribution in [0.4, 0.5) is 4.79 Å². The number of carbonyl (C=O) groups excluding carboxylic acids is 1. The number of urea groups is 1. The van der Waals surface area contributed by atoms with Gasteiger partial charge in [0.25, 0.3) is 0 Å². The second-order valence-corrected chi connectivity index (χ2v) is 4.86. The molecule has 0 aromatic rings. The summed E-state index contributed by atoms with van der Waals surface area (Å²) in [5.74, 6) is -0.732. The van der Waals surface area contributed by atoms with Gasteiger partial charge in [-0.1, -0.05) is 6.92 Å². The quantitative estimate of drug-likeness (QED) is 0.681. The summed E-state index contributed by atoms with van der Waals surface area (Å²) in [5, 5.41) is 11.6. The minimum atomic E-state index is -1.04. The zero-order chi connectivity index (χ0) is 15.0. The summed E-state index contributed by atoms with van der Waals surface area (Å²) in [4.78, 5) is 24.0. The summed E-state index contributed by atoms with van der Waals surface area (Å²) in [6, 6.07) is -0.369. The van der Waals surface area contributed by atoms with Crippen molar-refractivity contribution in [3.8, 4) is 0 Å². The Labute approximate surface area is 119 Å². The van der Waals surface area contributed by atoms with Gasteiger partial charge in [0.05, 0.1) is 12.7 Å². The first-order chi connectivity index (χ1) is 9.58. The summed E-state index contributed by atoms with van der Waals surface area (Å²) in [7, 11) is 1.51. The predicted molar refractivity (Wildman–Crippen MR) is 72.6 cm³/mol. The summed E-state index contributed by atoms with van der Waals surface area (Å²) in [6.07, 6.45) is 2.03. The Morgan fingerprint density at radius 3 is 2.85 bits per heavy atom. The lowest BCUT2D eigenvalue weighted by molar-refractivity contribution is -0.137. The molecule has 116 valence electrons. The molecule has 0 spiro atoms. The van der Waals surface area contributed by atoms with E-state index < -0.39 is 5.97 Å². The van der Waals surface area contributed by atoms with Gasteiger partial charge >= 0.3 is 12.0 Å². The van der Waals surface area contributed by atoms with Crippen LogP contribution in [0.3, 0.4) is 0 Å². The molecule has 2 atom stereocenters. The van der Waals surface area contributed by atoms with Gasteiger partial charge in [0.2, 0.25) is 0 Å². The van der Waals surface area contributed by atoms with Crippen molar-refractivity contribution in [2.45, 2.75) is 25.9 Å². The molecule has 1 aliphatic heterocycles. The highest BCUT2D eigenvalue weighted by Gasteiger charge is 2.27. The van der Waals surface area contributed by atoms with E-state index in [1.807, 2.05) is 0 Å². The SMILES string of the molecule is CCC1OCCC1CNC(=O)N(CCOC)CC(=O)O. The van der Waals surface area contributed by atoms with E-state index in [1.54, 1.807) is 0 Å². The van der Waals surface area contributed by atoms with Crippen molar-refractivity contribution in [1.82, 2.24) is 10.2 Å². The first-order valence-electron chi connectivity index (χ1n) is 6.93. The number of methoxy groups -OCH3 is 1. The third kappa shape index (κ3) is 5.34. The van der Waals surface area contributed by atoms with E-state index in [9.17, 15) is 9.59 Å². The fourth-order valence-corrected chi connectivity index (χ4v) is 2.32. The van der Waals surface area contributed by atoms with E-state index in [0.717, 1.165) is 19.4 Å². The smallest absolute Gasteiger partial charge is 0.323 e. The van der Waals surface area contributed by atoms with Gasteiger partial charge in [-0.15, -0.1) is 0 Å². The average molecular weight is 288 g/mol. The van der Waals surface area contributed by atoms with Crippen molar-refractivity contribution < 1.29 is 24.2 Å². The maximum atomic E-state index is 12.0. The van der Waals surface area contributed by atoms with Crippen LogP contribution in [0.1, 0.15) is 19.8 Å². The fraction of sp³-hybridized carbons (Fsp3) is 0.846. The molecule has 2 unspecified atom stereocenters. The molecule has 0 saturated carbocycles. The topological polar surface area (TPSA) is 88.1 Å². The highest BCUT2D eigenvalue weighted by atomic mass is 16.5. The zero-order valence-electron chi connectivity index (χ0n) is 12.1. The van der Waals surface area contributed by atoms with Crippen molar-refractivity contribution >= 4 is 12.0 Å². The number of nitrogens with one attached hydrogen (secondary N) is 1. The Morgan fingerprint density at radius 2 is 2.25 bits per heavy atom. The zero-order valence-corrected chi connectivity index (χ0v) is 12.1. The summed E-state index contributed by atoms with van der Waals surface area (Å²) < 4.78 is 10.4. The van der Waals surface area contributed by atoms with Gasteiger partial charge in [-0.2, -0.15) is 0 Å². The van der Waals surface area contributed by atoms with Crippen LogP contribution in [-0.4, -0.2) is 68.1 Å². The minimum absolute atomic E-state index is 0.183. The molecule has 0 aromatic carbocycles. The van der Waals surface area contributed by atoms with Gasteiger partial charge in [-0.3, -0.25) is 4.79 Å². The van der Waals surface area contributed by atoms with Gasteiger partial charge in [-0.05, 0) is 12.8 Å². The van der Waals surface area contributed by atoms with E-state index in [1.165, 1.54) is 12.0 Å². The van der Waals surface area contributed by atoms with Gasteiger partial charge in [-0.25, -0.2) is 4.79 Å². The number of rotatable bonds is 8. The lowest BCUT2D eigenvalue weighted by atomic mass is 10.00. The average Bonchev–Trinajstić information content (AvgIpc) is 2.87. The highest BCUT2D eigenvalue weighted by Crippen LogP contribution is 2.22. The van der Waals surface area contributed by atoms with Crippen molar-refractivity contribution in [3.63, 3.8) is 0 Å². The maximum Gasteiger partial charge on any atom is 0.323 e. The molecule has 1 aliphatic rings. The third-order valence-electron chi connectivity index (χ3n) is 3.44. The molecule has 1 heterocycles. The molecule has 1 rings (SSSR count). The highest BCUT2D eigenvalue weighted by molar-refractivity contribution is 5.80. The lowest BCUT2D eigenvalue weighted by Gasteiger charge is -2.23. The second kappa shape index (κ2) is 8.76. The minimum Gasteiger partial charge on any atom is -0.480 e. The number of nitrogens with zero attached hydrogens (tertiary/aromatic N) is 1. The molecule has 0 radical (unpaired) electrons. The van der Waals surface area contributed by atoms with Crippen LogP contribution in [0, 0.1) is 5.92 Å². The van der Waals surface area contributed by atoms with Gasteiger partial charge in [0, 0.05) is 32.7 Å². The van der Waals surface area contributed by atoms with Crippen molar-refractivity contribution in [2.24, 2.45) is 5.92 Å². The molecule has 2 amide bonds. The lowest BCUT2D eigenvalue weighted by Crippen LogP contribution is -2.46. The number of hydrogen-bond donors (Lipinski definition) is 2. The first-order valence-corrected chi connectivity index (χ1v) is 6.93. The van der Waals surface area contributed by atoms with Gasteiger partial charge < -0.3 is 24.8 Å². The third-order valence-corrected chi connectivity index (χ3v) is 3.44. The maximum absolute atomic E-state index is 12.0. The van der Waals surface area contributed by atoms with Gasteiger partial charge in [0.15, 0.2) is 0 Å². The number of carbonyl (C=O) groups is 2. The molecule has 0 bridgehead atoms. The summed E-state index contributed by atoms with van der Waals surface area (Å²) >= 11 is 0. The predicted octanol–water partition coefficient (Wildman–Crippen LogP) is 0.544. The Kier molecular flexibility index (Phi) is 7.32. The molecule has 7 heteroatoms. The van der Waals surface area contributed by atoms with E-state index in [0.29, 0.717) is 19.1 Å². The number of aliphatic carboxylic acids is 1. The van der Waals surface area contributed by atoms with Crippen LogP contribution < -0.4 is 5.32 Å². The fourth-order valence-electron chi connectivity index (χ4n) is 2.32. The van der Waals surface area contributed by atoms with Crippen molar-refractivity contribution in [1.29, 1.82) is 0 Å². The standard InChI is InChI=1S/C13H24N2O5/c1-3-11-10(4-6-20-11)8-14-13(18)15(5-7-19-2)9-12(16)17/h10-11H,3-9H2,1-2H3,(H,14,18)(H,16,17). The number of carboxylic acid groups (broad SMARTS) is 1. The van der Waals surface area contributed by atoms with Gasteiger partial charge in [0.1, 0.15) is 6.54 Å². The van der Waals surface area contributed by atoms with Crippen LogP contribution in [0.5, 0.6) is 0 Å². The molecule has 1 fully saturated rings. The van der Waals surface area contributed by atoms with E-state index in [4.69, 9.17) is 14.6 Å². The normalized spacial score (nSPS) is 21.7. The summed E-state index contributed by atoms with van der Waals surface area (Å²) in [5.41, 5.74) is 0. The molecule has 1 saturated heterocycles. The van der Waals surface area contributed by atoms with E-state index >= 15 is 0 Å². The molecular weight excluding hydrogens is 264 g/mol. The van der Waals surface area contributed by atoms with Crippen molar-refractivity contribution in [3.05, 3.63) is 0 Å². The van der Waals surface area contributed by atoms with Crippen LogP contribution in [0.25, 0.3) is 0 Å². The Morgan fingerprint density at radius 1 is 1.50 bits per heavy atom. The Balaban J connectivity index is 2.42. The van der Waals surface area contributed by atoms with Crippen LogP contribution in [-0.2, 0) is 14.3 Å². The molecule has 2 N–H and O–H groups in total. The van der Waals surface area contributed by atoms with Crippen molar-refractivity contribution in [2.75, 3.05) is 40.0 Å². The summed E-state index contributed by atoms with van der Waals surface area (Å²) in [6.45, 7) is 3.54. The largest absolute Gasteiger partial charge is 0.480 e. The Hall–Kier alpha value is -1.34. The van der Waals surface area contributed by atoms with Crippen LogP contribution in [0.2, 0.25) is 0 Å². The number of amides is 2. The monoisotopic (exact) mass is 288 g/mol. The van der Waals surface area contributed by atoms with Crippen LogP contribution >= 0.6 is 0 Å². The molecule has 0 aliphatic carbocycles. The van der Waals surface area contributed by atoms with Crippen LogP contribution in [0.15, 0.2) is 0 Å². The molecular formula is C13H24N2O5. The Bertz CT molecular complexity index is 324. The van der Waals surface area contributed by atoms with E-state index in [-0.39, 0.29) is 25.2 Å². The molecule has 7 nitrogen and oxygen atoms in total. The number of carboxylic acids is 1. The second-order valence-electron chi connectivity index (χ2n) is 4.86. The molecule has 0 aromatic heterocycles.